The molecule has 1 unspecified atom stereocenters. The van der Waals surface area contributed by atoms with Gasteiger partial charge in [0.15, 0.2) is 0 Å². The molecule has 114 valence electrons. The first kappa shape index (κ1) is 15.4. The van der Waals surface area contributed by atoms with Gasteiger partial charge in [0.25, 0.3) is 0 Å². The maximum absolute atomic E-state index is 11.6. The summed E-state index contributed by atoms with van der Waals surface area (Å²) in [6.45, 7) is 5.61. The maximum Gasteiger partial charge on any atom is 0.211 e. The van der Waals surface area contributed by atoms with Crippen LogP contribution in [0.4, 0.5) is 0 Å². The lowest BCUT2D eigenvalue weighted by atomic mass is 9.99. The van der Waals surface area contributed by atoms with Gasteiger partial charge in [-0.2, -0.15) is 0 Å². The van der Waals surface area contributed by atoms with Crippen LogP contribution in [-0.4, -0.2) is 47.1 Å². The first-order valence-electron chi connectivity index (χ1n) is 6.81. The molecule has 0 bridgehead atoms. The molecule has 2 heterocycles. The zero-order valence-electron chi connectivity index (χ0n) is 12.3. The van der Waals surface area contributed by atoms with Crippen LogP contribution in [0.3, 0.4) is 0 Å². The predicted molar refractivity (Wildman–Crippen MR) is 76.4 cm³/mol. The Kier molecular flexibility index (Phi) is 4.17. The van der Waals surface area contributed by atoms with E-state index in [-0.39, 0.29) is 5.92 Å². The van der Waals surface area contributed by atoms with Gasteiger partial charge in [0, 0.05) is 19.6 Å². The molecule has 0 aliphatic carbocycles. The number of rotatable bonds is 4. The minimum absolute atomic E-state index is 0.272. The quantitative estimate of drug-likeness (QED) is 0.854. The standard InChI is InChI=1S/C12H23N5O2S/c1-12(2,13)11-9-16(15-14-11)7-10-5-4-6-17(8-10)20(3,18)19/h9-10H,4-8,13H2,1-3H3. The monoisotopic (exact) mass is 301 g/mol. The van der Waals surface area contributed by atoms with E-state index >= 15 is 0 Å². The van der Waals surface area contributed by atoms with Gasteiger partial charge in [-0.25, -0.2) is 12.7 Å². The predicted octanol–water partition coefficient (Wildman–Crippen LogP) is 0.144. The van der Waals surface area contributed by atoms with E-state index < -0.39 is 15.6 Å². The number of aromatic nitrogens is 3. The Morgan fingerprint density at radius 1 is 1.50 bits per heavy atom. The lowest BCUT2D eigenvalue weighted by molar-refractivity contribution is 0.239. The molecule has 0 aromatic carbocycles. The molecule has 0 amide bonds. The van der Waals surface area contributed by atoms with Crippen LogP contribution in [0.5, 0.6) is 0 Å². The Labute approximate surface area is 120 Å². The van der Waals surface area contributed by atoms with Crippen molar-refractivity contribution in [2.75, 3.05) is 19.3 Å². The molecule has 1 atom stereocenters. The molecule has 1 aliphatic rings. The molecule has 20 heavy (non-hydrogen) atoms. The molecule has 0 radical (unpaired) electrons. The lowest BCUT2D eigenvalue weighted by Gasteiger charge is -2.30. The van der Waals surface area contributed by atoms with Crippen LogP contribution in [0, 0.1) is 5.92 Å². The summed E-state index contributed by atoms with van der Waals surface area (Å²) in [5, 5.41) is 8.16. The van der Waals surface area contributed by atoms with E-state index in [0.29, 0.717) is 19.6 Å². The van der Waals surface area contributed by atoms with Crippen molar-refractivity contribution < 1.29 is 8.42 Å². The van der Waals surface area contributed by atoms with E-state index in [0.717, 1.165) is 18.5 Å². The molecule has 7 nitrogen and oxygen atoms in total. The third-order valence-corrected chi connectivity index (χ3v) is 4.86. The summed E-state index contributed by atoms with van der Waals surface area (Å²) in [6, 6.07) is 0. The van der Waals surface area contributed by atoms with Crippen LogP contribution in [0.2, 0.25) is 0 Å². The molecule has 1 saturated heterocycles. The van der Waals surface area contributed by atoms with Gasteiger partial charge >= 0.3 is 0 Å². The van der Waals surface area contributed by atoms with Crippen LogP contribution in [0.15, 0.2) is 6.20 Å². The van der Waals surface area contributed by atoms with Gasteiger partial charge in [-0.3, -0.25) is 4.68 Å². The second kappa shape index (κ2) is 5.42. The number of hydrogen-bond acceptors (Lipinski definition) is 5. The summed E-state index contributed by atoms with van der Waals surface area (Å²) in [5.41, 5.74) is 6.21. The summed E-state index contributed by atoms with van der Waals surface area (Å²) in [6.07, 6.45) is 5.01. The highest BCUT2D eigenvalue weighted by atomic mass is 32.2. The number of nitrogens with zero attached hydrogens (tertiary/aromatic N) is 4. The molecular formula is C12H23N5O2S. The molecular weight excluding hydrogens is 278 g/mol. The van der Waals surface area contributed by atoms with E-state index in [1.807, 2.05) is 20.0 Å². The van der Waals surface area contributed by atoms with Crippen LogP contribution in [0.1, 0.15) is 32.4 Å². The number of nitrogens with two attached hydrogens (primary N) is 1. The fraction of sp³-hybridized carbons (Fsp3) is 0.833. The summed E-state index contributed by atoms with van der Waals surface area (Å²) >= 11 is 0. The zero-order valence-corrected chi connectivity index (χ0v) is 13.1. The van der Waals surface area contributed by atoms with Gasteiger partial charge in [-0.15, -0.1) is 5.10 Å². The summed E-state index contributed by atoms with van der Waals surface area (Å²) in [5.74, 6) is 0.272. The number of sulfonamides is 1. The Balaban J connectivity index is 2.01. The van der Waals surface area contributed by atoms with Crippen molar-refractivity contribution in [2.45, 2.75) is 38.8 Å². The summed E-state index contributed by atoms with van der Waals surface area (Å²) < 4.78 is 26.5. The molecule has 0 spiro atoms. The summed E-state index contributed by atoms with van der Waals surface area (Å²) in [7, 11) is -3.10. The molecule has 1 fully saturated rings. The molecule has 2 rings (SSSR count). The van der Waals surface area contributed by atoms with Crippen molar-refractivity contribution in [2.24, 2.45) is 11.7 Å². The third kappa shape index (κ3) is 3.77. The fourth-order valence-corrected chi connectivity index (χ4v) is 3.37. The first-order chi connectivity index (χ1) is 9.16. The third-order valence-electron chi connectivity index (χ3n) is 3.59. The molecule has 0 saturated carbocycles. The Hall–Kier alpha value is -0.990. The Morgan fingerprint density at radius 2 is 2.20 bits per heavy atom. The zero-order chi connectivity index (χ0) is 15.0. The second-order valence-electron chi connectivity index (χ2n) is 6.18. The normalized spacial score (nSPS) is 22.1. The van der Waals surface area contributed by atoms with E-state index in [4.69, 9.17) is 5.73 Å². The van der Waals surface area contributed by atoms with E-state index in [1.54, 1.807) is 8.99 Å². The highest BCUT2D eigenvalue weighted by Gasteiger charge is 2.27. The van der Waals surface area contributed by atoms with Gasteiger partial charge in [0.1, 0.15) is 5.69 Å². The average Bonchev–Trinajstić information content (AvgIpc) is 2.76. The van der Waals surface area contributed by atoms with Crippen LogP contribution >= 0.6 is 0 Å². The highest BCUT2D eigenvalue weighted by molar-refractivity contribution is 7.88. The fourth-order valence-electron chi connectivity index (χ4n) is 2.42. The topological polar surface area (TPSA) is 94.1 Å². The van der Waals surface area contributed by atoms with Crippen LogP contribution in [0.25, 0.3) is 0 Å². The summed E-state index contributed by atoms with van der Waals surface area (Å²) in [4.78, 5) is 0. The smallest absolute Gasteiger partial charge is 0.211 e. The largest absolute Gasteiger partial charge is 0.320 e. The molecule has 1 aromatic heterocycles. The molecule has 1 aliphatic heterocycles. The molecule has 1 aromatic rings. The van der Waals surface area contributed by atoms with E-state index in [1.165, 1.54) is 6.26 Å². The van der Waals surface area contributed by atoms with Crippen LogP contribution in [-0.2, 0) is 22.1 Å². The minimum atomic E-state index is -3.10. The van der Waals surface area contributed by atoms with Crippen molar-refractivity contribution in [3.05, 3.63) is 11.9 Å². The molecule has 8 heteroatoms. The highest BCUT2D eigenvalue weighted by Crippen LogP contribution is 2.20. The number of piperidine rings is 1. The Morgan fingerprint density at radius 3 is 2.75 bits per heavy atom. The van der Waals surface area contributed by atoms with Crippen molar-refractivity contribution >= 4 is 10.0 Å². The average molecular weight is 301 g/mol. The maximum atomic E-state index is 11.6. The van der Waals surface area contributed by atoms with Crippen molar-refractivity contribution in [1.82, 2.24) is 19.3 Å². The van der Waals surface area contributed by atoms with Gasteiger partial charge in [0.05, 0.1) is 18.0 Å². The Bertz CT molecular complexity index is 561. The van der Waals surface area contributed by atoms with Gasteiger partial charge < -0.3 is 5.73 Å². The van der Waals surface area contributed by atoms with Crippen molar-refractivity contribution in [3.63, 3.8) is 0 Å². The number of hydrogen-bond donors (Lipinski definition) is 1. The van der Waals surface area contributed by atoms with Gasteiger partial charge in [0.2, 0.25) is 10.0 Å². The minimum Gasteiger partial charge on any atom is -0.320 e. The van der Waals surface area contributed by atoms with Crippen LogP contribution < -0.4 is 5.73 Å². The lowest BCUT2D eigenvalue weighted by Crippen LogP contribution is -2.40. The van der Waals surface area contributed by atoms with Crippen molar-refractivity contribution in [3.8, 4) is 0 Å². The SMILES string of the molecule is CC(C)(N)c1cn(CC2CCCN(S(C)(=O)=O)C2)nn1. The van der Waals surface area contributed by atoms with E-state index in [2.05, 4.69) is 10.3 Å². The van der Waals surface area contributed by atoms with E-state index in [9.17, 15) is 8.42 Å². The van der Waals surface area contributed by atoms with Crippen molar-refractivity contribution in [1.29, 1.82) is 0 Å². The second-order valence-corrected chi connectivity index (χ2v) is 8.16. The van der Waals surface area contributed by atoms with Gasteiger partial charge in [-0.1, -0.05) is 5.21 Å². The first-order valence-corrected chi connectivity index (χ1v) is 8.66. The molecule has 2 N–H and O–H groups in total. The van der Waals surface area contributed by atoms with Gasteiger partial charge in [-0.05, 0) is 32.6 Å².